The Kier molecular flexibility index (Phi) is 3.91. The molecule has 21 heavy (non-hydrogen) atoms. The Morgan fingerprint density at radius 1 is 1.29 bits per heavy atom. The van der Waals surface area contributed by atoms with Crippen LogP contribution in [0.5, 0.6) is 0 Å². The van der Waals surface area contributed by atoms with Crippen molar-refractivity contribution in [2.45, 2.75) is 18.9 Å². The minimum Gasteiger partial charge on any atom is -0.451 e. The van der Waals surface area contributed by atoms with Crippen molar-refractivity contribution >= 4 is 28.5 Å². The van der Waals surface area contributed by atoms with Gasteiger partial charge in [-0.05, 0) is 51.2 Å². The standard InChI is InChI=1S/C16H19ClN2O2/c1-18(2)13-5-7-19(8-6-13)16(20)15-10-11-9-12(17)3-4-14(11)21-15/h3-4,9-10,13H,5-8H2,1-2H3. The molecule has 112 valence electrons. The molecule has 1 aromatic heterocycles. The Morgan fingerprint density at radius 2 is 2.00 bits per heavy atom. The maximum atomic E-state index is 12.5. The van der Waals surface area contributed by atoms with E-state index in [1.807, 2.05) is 11.0 Å². The van der Waals surface area contributed by atoms with Crippen LogP contribution in [0.1, 0.15) is 23.4 Å². The quantitative estimate of drug-likeness (QED) is 0.854. The first-order chi connectivity index (χ1) is 10.0. The summed E-state index contributed by atoms with van der Waals surface area (Å²) in [4.78, 5) is 16.6. The maximum Gasteiger partial charge on any atom is 0.289 e. The molecule has 0 atom stereocenters. The third-order valence-corrected chi connectivity index (χ3v) is 4.41. The molecule has 1 amide bonds. The van der Waals surface area contributed by atoms with E-state index in [4.69, 9.17) is 16.0 Å². The van der Waals surface area contributed by atoms with Crippen LogP contribution >= 0.6 is 11.6 Å². The number of hydrogen-bond acceptors (Lipinski definition) is 3. The van der Waals surface area contributed by atoms with Crippen molar-refractivity contribution < 1.29 is 9.21 Å². The number of hydrogen-bond donors (Lipinski definition) is 0. The van der Waals surface area contributed by atoms with E-state index in [9.17, 15) is 4.79 Å². The summed E-state index contributed by atoms with van der Waals surface area (Å²) < 4.78 is 5.65. The van der Waals surface area contributed by atoms with Crippen LogP contribution in [-0.4, -0.2) is 48.9 Å². The fourth-order valence-corrected chi connectivity index (χ4v) is 3.04. The summed E-state index contributed by atoms with van der Waals surface area (Å²) in [5, 5.41) is 1.52. The van der Waals surface area contributed by atoms with Crippen molar-refractivity contribution in [1.29, 1.82) is 0 Å². The highest BCUT2D eigenvalue weighted by Gasteiger charge is 2.26. The van der Waals surface area contributed by atoms with Crippen LogP contribution in [0.3, 0.4) is 0 Å². The van der Waals surface area contributed by atoms with Gasteiger partial charge in [0, 0.05) is 29.5 Å². The molecule has 2 aromatic rings. The van der Waals surface area contributed by atoms with Gasteiger partial charge in [0.1, 0.15) is 5.58 Å². The van der Waals surface area contributed by atoms with Gasteiger partial charge in [-0.3, -0.25) is 4.79 Å². The number of fused-ring (bicyclic) bond motifs is 1. The number of nitrogens with zero attached hydrogens (tertiary/aromatic N) is 2. The van der Waals surface area contributed by atoms with Crippen LogP contribution in [0.4, 0.5) is 0 Å². The topological polar surface area (TPSA) is 36.7 Å². The molecule has 1 fully saturated rings. The van der Waals surface area contributed by atoms with Crippen LogP contribution in [-0.2, 0) is 0 Å². The SMILES string of the molecule is CN(C)C1CCN(C(=O)c2cc3cc(Cl)ccc3o2)CC1. The molecule has 4 nitrogen and oxygen atoms in total. The Balaban J connectivity index is 1.75. The molecule has 0 spiro atoms. The minimum absolute atomic E-state index is 0.0282. The normalized spacial score (nSPS) is 16.9. The third kappa shape index (κ3) is 2.92. The van der Waals surface area contributed by atoms with E-state index in [1.54, 1.807) is 18.2 Å². The average Bonchev–Trinajstić information content (AvgIpc) is 2.89. The summed E-state index contributed by atoms with van der Waals surface area (Å²) in [6.45, 7) is 1.55. The van der Waals surface area contributed by atoms with Gasteiger partial charge in [0.15, 0.2) is 5.76 Å². The lowest BCUT2D eigenvalue weighted by Gasteiger charge is -2.34. The summed E-state index contributed by atoms with van der Waals surface area (Å²) in [6.07, 6.45) is 2.01. The number of benzene rings is 1. The lowest BCUT2D eigenvalue weighted by molar-refractivity contribution is 0.0634. The predicted octanol–water partition coefficient (Wildman–Crippen LogP) is 3.25. The number of piperidine rings is 1. The molecule has 2 heterocycles. The van der Waals surface area contributed by atoms with Crippen LogP contribution < -0.4 is 0 Å². The number of furan rings is 1. The summed E-state index contributed by atoms with van der Waals surface area (Å²) in [5.74, 6) is 0.370. The number of amides is 1. The van der Waals surface area contributed by atoms with Crippen LogP contribution in [0.15, 0.2) is 28.7 Å². The number of halogens is 1. The van der Waals surface area contributed by atoms with E-state index in [1.165, 1.54) is 0 Å². The molecule has 0 N–H and O–H groups in total. The van der Waals surface area contributed by atoms with Crippen LogP contribution in [0.25, 0.3) is 11.0 Å². The second-order valence-corrected chi connectivity index (χ2v) is 6.22. The second kappa shape index (κ2) is 5.70. The maximum absolute atomic E-state index is 12.5. The van der Waals surface area contributed by atoms with E-state index in [0.29, 0.717) is 22.4 Å². The molecule has 1 saturated heterocycles. The van der Waals surface area contributed by atoms with Crippen molar-refractivity contribution in [1.82, 2.24) is 9.80 Å². The largest absolute Gasteiger partial charge is 0.451 e. The molecule has 0 bridgehead atoms. The Bertz CT molecular complexity index is 657. The first-order valence-corrected chi connectivity index (χ1v) is 7.57. The van der Waals surface area contributed by atoms with E-state index < -0.39 is 0 Å². The lowest BCUT2D eigenvalue weighted by atomic mass is 10.0. The minimum atomic E-state index is -0.0282. The van der Waals surface area contributed by atoms with Gasteiger partial charge in [-0.2, -0.15) is 0 Å². The predicted molar refractivity (Wildman–Crippen MR) is 83.8 cm³/mol. The molecule has 0 unspecified atom stereocenters. The molecular formula is C16H19ClN2O2. The van der Waals surface area contributed by atoms with Crippen LogP contribution in [0.2, 0.25) is 5.02 Å². The third-order valence-electron chi connectivity index (χ3n) is 4.17. The molecule has 1 aliphatic heterocycles. The first-order valence-electron chi connectivity index (χ1n) is 7.19. The average molecular weight is 307 g/mol. The second-order valence-electron chi connectivity index (χ2n) is 5.78. The van der Waals surface area contributed by atoms with Gasteiger partial charge >= 0.3 is 0 Å². The van der Waals surface area contributed by atoms with E-state index in [-0.39, 0.29) is 5.91 Å². The summed E-state index contributed by atoms with van der Waals surface area (Å²) in [7, 11) is 4.18. The van der Waals surface area contributed by atoms with Gasteiger partial charge in [0.05, 0.1) is 0 Å². The first kappa shape index (κ1) is 14.4. The van der Waals surface area contributed by atoms with E-state index in [2.05, 4.69) is 19.0 Å². The molecule has 1 aromatic carbocycles. The van der Waals surface area contributed by atoms with Gasteiger partial charge < -0.3 is 14.2 Å². The Labute approximate surface area is 129 Å². The van der Waals surface area contributed by atoms with Gasteiger partial charge in [0.2, 0.25) is 0 Å². The molecule has 3 rings (SSSR count). The highest BCUT2D eigenvalue weighted by Crippen LogP contribution is 2.25. The molecule has 0 saturated carbocycles. The van der Waals surface area contributed by atoms with Gasteiger partial charge in [0.25, 0.3) is 5.91 Å². The molecule has 0 aliphatic carbocycles. The van der Waals surface area contributed by atoms with Gasteiger partial charge in [-0.15, -0.1) is 0 Å². The molecule has 0 radical (unpaired) electrons. The highest BCUT2D eigenvalue weighted by molar-refractivity contribution is 6.31. The molecular weight excluding hydrogens is 288 g/mol. The Morgan fingerprint density at radius 3 is 2.67 bits per heavy atom. The molecule has 1 aliphatic rings. The highest BCUT2D eigenvalue weighted by atomic mass is 35.5. The zero-order chi connectivity index (χ0) is 15.0. The van der Waals surface area contributed by atoms with Crippen molar-refractivity contribution in [2.24, 2.45) is 0 Å². The van der Waals surface area contributed by atoms with Gasteiger partial charge in [-0.25, -0.2) is 0 Å². The van der Waals surface area contributed by atoms with E-state index >= 15 is 0 Å². The lowest BCUT2D eigenvalue weighted by Crippen LogP contribution is -2.44. The monoisotopic (exact) mass is 306 g/mol. The fraction of sp³-hybridized carbons (Fsp3) is 0.438. The van der Waals surface area contributed by atoms with Crippen molar-refractivity contribution in [2.75, 3.05) is 27.2 Å². The fourth-order valence-electron chi connectivity index (χ4n) is 2.86. The number of carbonyl (C=O) groups is 1. The zero-order valence-electron chi connectivity index (χ0n) is 12.3. The number of likely N-dealkylation sites (tertiary alicyclic amines) is 1. The number of rotatable bonds is 2. The van der Waals surface area contributed by atoms with Crippen LogP contribution in [0, 0.1) is 0 Å². The molecule has 5 heteroatoms. The Hall–Kier alpha value is -1.52. The van der Waals surface area contributed by atoms with Gasteiger partial charge in [-0.1, -0.05) is 11.6 Å². The van der Waals surface area contributed by atoms with Crippen molar-refractivity contribution in [3.8, 4) is 0 Å². The number of carbonyl (C=O) groups excluding carboxylic acids is 1. The summed E-state index contributed by atoms with van der Waals surface area (Å²) in [5.41, 5.74) is 0.700. The summed E-state index contributed by atoms with van der Waals surface area (Å²) in [6, 6.07) is 7.72. The van der Waals surface area contributed by atoms with Crippen molar-refractivity contribution in [3.05, 3.63) is 35.0 Å². The summed E-state index contributed by atoms with van der Waals surface area (Å²) >= 11 is 5.96. The zero-order valence-corrected chi connectivity index (χ0v) is 13.1. The van der Waals surface area contributed by atoms with E-state index in [0.717, 1.165) is 31.3 Å². The van der Waals surface area contributed by atoms with Crippen molar-refractivity contribution in [3.63, 3.8) is 0 Å². The smallest absolute Gasteiger partial charge is 0.289 e.